The molecule has 5 nitrogen and oxygen atoms in total. The van der Waals surface area contributed by atoms with Gasteiger partial charge in [-0.2, -0.15) is 0 Å². The number of nitrogens with zero attached hydrogens (tertiary/aromatic N) is 1. The Hall–Kier alpha value is -1.01. The molecule has 3 heterocycles. The summed E-state index contributed by atoms with van der Waals surface area (Å²) in [4.78, 5) is 4.06. The summed E-state index contributed by atoms with van der Waals surface area (Å²) in [6.07, 6.45) is 8.91. The van der Waals surface area contributed by atoms with E-state index in [9.17, 15) is 0 Å². The lowest BCUT2D eigenvalue weighted by Gasteiger charge is -2.40. The molecule has 3 N–H and O–H groups in total. The van der Waals surface area contributed by atoms with Crippen LogP contribution in [0, 0.1) is 5.92 Å². The number of rotatable bonds is 5. The van der Waals surface area contributed by atoms with Gasteiger partial charge in [0.25, 0.3) is 0 Å². The molecule has 116 valence electrons. The van der Waals surface area contributed by atoms with Gasteiger partial charge in [0.1, 0.15) is 0 Å². The third-order valence-corrected chi connectivity index (χ3v) is 4.87. The summed E-state index contributed by atoms with van der Waals surface area (Å²) in [7, 11) is 0. The highest BCUT2D eigenvalue weighted by atomic mass is 16.6. The Labute approximate surface area is 126 Å². The van der Waals surface area contributed by atoms with Crippen LogP contribution in [0.3, 0.4) is 0 Å². The van der Waals surface area contributed by atoms with Gasteiger partial charge in [0, 0.05) is 38.1 Å². The molecule has 1 spiro atoms. The van der Waals surface area contributed by atoms with Crippen LogP contribution in [0.15, 0.2) is 24.5 Å². The zero-order valence-electron chi connectivity index (χ0n) is 12.5. The van der Waals surface area contributed by atoms with Gasteiger partial charge in [-0.1, -0.05) is 0 Å². The summed E-state index contributed by atoms with van der Waals surface area (Å²) in [5.41, 5.74) is 4.31. The topological polar surface area (TPSA) is 69.4 Å². The Morgan fingerprint density at radius 2 is 2.24 bits per heavy atom. The van der Waals surface area contributed by atoms with Crippen molar-refractivity contribution in [2.75, 3.05) is 19.8 Å². The maximum absolute atomic E-state index is 6.01. The Kier molecular flexibility index (Phi) is 4.85. The molecule has 3 atom stereocenters. The molecular formula is C16H25N3O2. The second-order valence-corrected chi connectivity index (χ2v) is 6.25. The molecule has 2 saturated heterocycles. The maximum atomic E-state index is 6.01. The van der Waals surface area contributed by atoms with E-state index in [-0.39, 0.29) is 5.60 Å². The number of hydrogen-bond acceptors (Lipinski definition) is 5. The molecule has 2 aliphatic rings. The number of ether oxygens (including phenoxy) is 2. The Bertz CT molecular complexity index is 434. The molecule has 0 bridgehead atoms. The normalized spacial score (nSPS) is 30.6. The first kappa shape index (κ1) is 14.9. The quantitative estimate of drug-likeness (QED) is 0.634. The zero-order chi connectivity index (χ0) is 14.5. The van der Waals surface area contributed by atoms with Crippen LogP contribution < -0.4 is 11.3 Å². The fraction of sp³-hybridized carbons (Fsp3) is 0.688. The molecule has 5 heteroatoms. The van der Waals surface area contributed by atoms with Crippen molar-refractivity contribution < 1.29 is 9.47 Å². The van der Waals surface area contributed by atoms with Crippen molar-refractivity contribution in [3.05, 3.63) is 30.1 Å². The fourth-order valence-electron chi connectivity index (χ4n) is 3.60. The molecule has 1 aromatic rings. The molecular weight excluding hydrogens is 266 g/mol. The summed E-state index contributed by atoms with van der Waals surface area (Å²) >= 11 is 0. The summed E-state index contributed by atoms with van der Waals surface area (Å²) in [5.74, 6) is 6.38. The number of aromatic nitrogens is 1. The summed E-state index contributed by atoms with van der Waals surface area (Å²) < 4.78 is 11.6. The van der Waals surface area contributed by atoms with Crippen LogP contribution in [0.5, 0.6) is 0 Å². The molecule has 0 saturated carbocycles. The molecule has 0 aromatic carbocycles. The van der Waals surface area contributed by atoms with Gasteiger partial charge in [-0.3, -0.25) is 16.3 Å². The van der Waals surface area contributed by atoms with Crippen LogP contribution >= 0.6 is 0 Å². The van der Waals surface area contributed by atoms with Crippen molar-refractivity contribution in [1.29, 1.82) is 0 Å². The molecule has 3 rings (SSSR count). The second-order valence-electron chi connectivity index (χ2n) is 6.25. The Morgan fingerprint density at radius 3 is 2.95 bits per heavy atom. The molecule has 1 aromatic heterocycles. The van der Waals surface area contributed by atoms with E-state index in [0.717, 1.165) is 51.9 Å². The summed E-state index contributed by atoms with van der Waals surface area (Å²) in [6, 6.07) is 4.48. The lowest BCUT2D eigenvalue weighted by atomic mass is 9.80. The van der Waals surface area contributed by atoms with E-state index in [1.807, 2.05) is 12.4 Å². The van der Waals surface area contributed by atoms with E-state index in [4.69, 9.17) is 15.3 Å². The van der Waals surface area contributed by atoms with Crippen LogP contribution in [0.1, 0.15) is 31.2 Å². The molecule has 3 unspecified atom stereocenters. The van der Waals surface area contributed by atoms with Gasteiger partial charge < -0.3 is 9.47 Å². The standard InChI is InChI=1S/C16H25N3O2/c17-19-15(2-1-13-3-7-18-8-4-13)14-5-9-21-16(11-14)6-10-20-12-16/h3-4,7-8,14-15,19H,1-2,5-6,9-12,17H2. The predicted molar refractivity (Wildman–Crippen MR) is 80.5 cm³/mol. The van der Waals surface area contributed by atoms with Crippen molar-refractivity contribution in [3.63, 3.8) is 0 Å². The third-order valence-electron chi connectivity index (χ3n) is 4.87. The number of nitrogens with one attached hydrogen (secondary N) is 1. The van der Waals surface area contributed by atoms with Crippen LogP contribution in [0.25, 0.3) is 0 Å². The van der Waals surface area contributed by atoms with E-state index >= 15 is 0 Å². The first-order valence-electron chi connectivity index (χ1n) is 7.88. The zero-order valence-corrected chi connectivity index (χ0v) is 12.5. The Balaban J connectivity index is 1.57. The molecule has 2 aliphatic heterocycles. The van der Waals surface area contributed by atoms with E-state index in [2.05, 4.69) is 22.5 Å². The highest BCUT2D eigenvalue weighted by Crippen LogP contribution is 2.37. The predicted octanol–water partition coefficient (Wildman–Crippen LogP) is 1.43. The summed E-state index contributed by atoms with van der Waals surface area (Å²) in [5, 5.41) is 0. The van der Waals surface area contributed by atoms with Gasteiger partial charge in [0.2, 0.25) is 0 Å². The van der Waals surface area contributed by atoms with Crippen LogP contribution in [-0.2, 0) is 15.9 Å². The first-order valence-corrected chi connectivity index (χ1v) is 7.88. The minimum atomic E-state index is -0.0469. The fourth-order valence-corrected chi connectivity index (χ4v) is 3.60. The number of nitrogens with two attached hydrogens (primary N) is 1. The lowest BCUT2D eigenvalue weighted by Crippen LogP contribution is -2.49. The van der Waals surface area contributed by atoms with Gasteiger partial charge in [-0.05, 0) is 49.3 Å². The van der Waals surface area contributed by atoms with E-state index < -0.39 is 0 Å². The highest BCUT2D eigenvalue weighted by Gasteiger charge is 2.42. The highest BCUT2D eigenvalue weighted by molar-refractivity contribution is 5.10. The maximum Gasteiger partial charge on any atom is 0.0939 e. The SMILES string of the molecule is NNC(CCc1ccncc1)C1CCOC2(CCOC2)C1. The number of hydrogen-bond donors (Lipinski definition) is 2. The van der Waals surface area contributed by atoms with Crippen molar-refractivity contribution in [1.82, 2.24) is 10.4 Å². The van der Waals surface area contributed by atoms with Crippen molar-refractivity contribution >= 4 is 0 Å². The van der Waals surface area contributed by atoms with Gasteiger partial charge in [-0.15, -0.1) is 0 Å². The largest absolute Gasteiger partial charge is 0.378 e. The minimum Gasteiger partial charge on any atom is -0.378 e. The average molecular weight is 291 g/mol. The third kappa shape index (κ3) is 3.61. The van der Waals surface area contributed by atoms with Crippen LogP contribution in [-0.4, -0.2) is 36.4 Å². The molecule has 0 radical (unpaired) electrons. The van der Waals surface area contributed by atoms with E-state index in [1.54, 1.807) is 0 Å². The second kappa shape index (κ2) is 6.83. The van der Waals surface area contributed by atoms with Crippen LogP contribution in [0.2, 0.25) is 0 Å². The molecule has 0 aliphatic carbocycles. The number of hydrazine groups is 1. The summed E-state index contributed by atoms with van der Waals surface area (Å²) in [6.45, 7) is 2.39. The number of pyridine rings is 1. The first-order chi connectivity index (χ1) is 10.3. The smallest absolute Gasteiger partial charge is 0.0939 e. The number of aryl methyl sites for hydroxylation is 1. The monoisotopic (exact) mass is 291 g/mol. The lowest BCUT2D eigenvalue weighted by molar-refractivity contribution is -0.103. The van der Waals surface area contributed by atoms with Gasteiger partial charge in [-0.25, -0.2) is 0 Å². The van der Waals surface area contributed by atoms with Gasteiger partial charge in [0.05, 0.1) is 12.2 Å². The molecule has 0 amide bonds. The molecule has 21 heavy (non-hydrogen) atoms. The van der Waals surface area contributed by atoms with E-state index in [0.29, 0.717) is 12.0 Å². The Morgan fingerprint density at radius 1 is 1.38 bits per heavy atom. The minimum absolute atomic E-state index is 0.0469. The van der Waals surface area contributed by atoms with Crippen molar-refractivity contribution in [2.45, 2.75) is 43.7 Å². The van der Waals surface area contributed by atoms with E-state index in [1.165, 1.54) is 5.56 Å². The van der Waals surface area contributed by atoms with Crippen molar-refractivity contribution in [3.8, 4) is 0 Å². The molecule has 2 fully saturated rings. The van der Waals surface area contributed by atoms with Crippen molar-refractivity contribution in [2.24, 2.45) is 11.8 Å². The van der Waals surface area contributed by atoms with Gasteiger partial charge in [0.15, 0.2) is 0 Å². The van der Waals surface area contributed by atoms with Gasteiger partial charge >= 0.3 is 0 Å². The van der Waals surface area contributed by atoms with Crippen LogP contribution in [0.4, 0.5) is 0 Å². The average Bonchev–Trinajstić information content (AvgIpc) is 2.97.